The number of aliphatic hydroxyl groups is 2. The maximum absolute atomic E-state index is 12.8. The Hall–Kier alpha value is -1.39. The summed E-state index contributed by atoms with van der Waals surface area (Å²) >= 11 is 0. The van der Waals surface area contributed by atoms with Gasteiger partial charge in [0, 0.05) is 5.56 Å². The van der Waals surface area contributed by atoms with Gasteiger partial charge in [-0.15, -0.1) is 0 Å². The van der Waals surface area contributed by atoms with E-state index >= 15 is 0 Å². The largest absolute Gasteiger partial charge is 0.465 e. The second-order valence-electron chi connectivity index (χ2n) is 8.24. The zero-order chi connectivity index (χ0) is 21.5. The smallest absolute Gasteiger partial charge is 0.194 e. The van der Waals surface area contributed by atoms with E-state index in [2.05, 4.69) is 6.92 Å². The highest BCUT2D eigenvalue weighted by atomic mass is 16.6. The molecule has 0 heterocycles. The fourth-order valence-corrected chi connectivity index (χ4v) is 3.68. The van der Waals surface area contributed by atoms with Gasteiger partial charge in [0.25, 0.3) is 0 Å². The molecule has 0 saturated heterocycles. The van der Waals surface area contributed by atoms with Crippen molar-refractivity contribution >= 4 is 5.78 Å². The van der Waals surface area contributed by atoms with E-state index in [1.807, 2.05) is 6.92 Å². The van der Waals surface area contributed by atoms with Crippen LogP contribution in [0.25, 0.3) is 0 Å². The van der Waals surface area contributed by atoms with E-state index in [0.29, 0.717) is 24.2 Å². The average Bonchev–Trinajstić information content (AvgIpc) is 2.71. The second kappa shape index (κ2) is 14.6. The molecular weight excluding hydrogens is 364 g/mol. The molecule has 2 N–H and O–H groups in total. The maximum atomic E-state index is 12.8. The number of aliphatic hydroxyl groups excluding tert-OH is 1. The molecule has 29 heavy (non-hydrogen) atoms. The van der Waals surface area contributed by atoms with Gasteiger partial charge < -0.3 is 14.9 Å². The zero-order valence-corrected chi connectivity index (χ0v) is 18.8. The van der Waals surface area contributed by atoms with Gasteiger partial charge in [-0.2, -0.15) is 0 Å². The van der Waals surface area contributed by atoms with E-state index < -0.39 is 11.9 Å². The fraction of sp³-hybridized carbons (Fsp3) is 0.720. The first-order valence-electron chi connectivity index (χ1n) is 11.6. The van der Waals surface area contributed by atoms with E-state index in [1.54, 1.807) is 24.3 Å². The van der Waals surface area contributed by atoms with Crippen LogP contribution in [0, 0.1) is 0 Å². The molecule has 0 aliphatic rings. The van der Waals surface area contributed by atoms with Crippen molar-refractivity contribution in [3.05, 3.63) is 29.8 Å². The normalized spacial score (nSPS) is 14.4. The van der Waals surface area contributed by atoms with Gasteiger partial charge in [-0.25, -0.2) is 0 Å². The number of carbonyl (C=O) groups excluding carboxylic acids is 1. The summed E-state index contributed by atoms with van der Waals surface area (Å²) in [5.41, 5.74) is -0.818. The van der Waals surface area contributed by atoms with Crippen LogP contribution in [0.3, 0.4) is 0 Å². The summed E-state index contributed by atoms with van der Waals surface area (Å²) in [6.45, 7) is 5.64. The third-order valence-corrected chi connectivity index (χ3v) is 5.62. The summed E-state index contributed by atoms with van der Waals surface area (Å²) in [6, 6.07) is 6.61. The van der Waals surface area contributed by atoms with Gasteiger partial charge in [0.05, 0.1) is 0 Å². The molecule has 0 radical (unpaired) electrons. The zero-order valence-electron chi connectivity index (χ0n) is 18.8. The Bertz CT molecular complexity index is 552. The molecule has 0 aliphatic carbocycles. The molecule has 0 spiro atoms. The van der Waals surface area contributed by atoms with Crippen LogP contribution in [0.4, 0.5) is 0 Å². The number of Topliss-reactive ketones (excluding diaryl/α,β-unsaturated/α-hetero) is 1. The number of ether oxygens (including phenoxy) is 1. The van der Waals surface area contributed by atoms with Gasteiger partial charge in [0.2, 0.25) is 0 Å². The van der Waals surface area contributed by atoms with Crippen molar-refractivity contribution in [2.45, 2.75) is 116 Å². The first-order chi connectivity index (χ1) is 13.9. The summed E-state index contributed by atoms with van der Waals surface area (Å²) in [5, 5.41) is 20.1. The molecule has 166 valence electrons. The number of carbonyl (C=O) groups is 1. The Labute approximate surface area is 177 Å². The SMILES string of the molecule is CCCCCCCCCCCCCC(O)(CC)C(=O)c1ccc(OC(C)O)cc1. The molecule has 2 atom stereocenters. The number of benzene rings is 1. The van der Waals surface area contributed by atoms with E-state index in [-0.39, 0.29) is 5.78 Å². The lowest BCUT2D eigenvalue weighted by Crippen LogP contribution is -2.38. The molecule has 0 aromatic heterocycles. The van der Waals surface area contributed by atoms with Crippen molar-refractivity contribution in [2.24, 2.45) is 0 Å². The highest BCUT2D eigenvalue weighted by Gasteiger charge is 2.33. The lowest BCUT2D eigenvalue weighted by atomic mass is 9.85. The Balaban J connectivity index is 2.30. The highest BCUT2D eigenvalue weighted by Crippen LogP contribution is 2.26. The Morgan fingerprint density at radius 1 is 0.897 bits per heavy atom. The summed E-state index contributed by atoms with van der Waals surface area (Å²) in [5.74, 6) is 0.276. The van der Waals surface area contributed by atoms with Gasteiger partial charge in [-0.1, -0.05) is 84.5 Å². The minimum absolute atomic E-state index is 0.226. The van der Waals surface area contributed by atoms with Crippen LogP contribution in [-0.2, 0) is 0 Å². The number of rotatable bonds is 17. The van der Waals surface area contributed by atoms with Crippen molar-refractivity contribution in [1.82, 2.24) is 0 Å². The molecule has 0 aliphatic heterocycles. The topological polar surface area (TPSA) is 66.8 Å². The number of ketones is 1. The predicted octanol–water partition coefficient (Wildman–Crippen LogP) is 6.43. The molecular formula is C25H42O4. The van der Waals surface area contributed by atoms with Crippen LogP contribution >= 0.6 is 0 Å². The van der Waals surface area contributed by atoms with Crippen molar-refractivity contribution in [2.75, 3.05) is 0 Å². The number of hydrogen-bond donors (Lipinski definition) is 2. The standard InChI is InChI=1S/C25H42O4/c1-4-6-7-8-9-10-11-12-13-14-15-20-25(28,5-2)24(27)22-16-18-23(19-17-22)29-21(3)26/h16-19,21,26,28H,4-15,20H2,1-3H3. The third-order valence-electron chi connectivity index (χ3n) is 5.62. The first-order valence-corrected chi connectivity index (χ1v) is 11.6. The van der Waals surface area contributed by atoms with Gasteiger partial charge in [-0.05, 0) is 44.0 Å². The minimum atomic E-state index is -1.30. The molecule has 0 bridgehead atoms. The Morgan fingerprint density at radius 3 is 1.83 bits per heavy atom. The van der Waals surface area contributed by atoms with Gasteiger partial charge >= 0.3 is 0 Å². The molecule has 1 aromatic carbocycles. The van der Waals surface area contributed by atoms with Crippen molar-refractivity contribution < 1.29 is 19.7 Å². The molecule has 1 aromatic rings. The molecule has 4 heteroatoms. The Morgan fingerprint density at radius 2 is 1.38 bits per heavy atom. The average molecular weight is 407 g/mol. The van der Waals surface area contributed by atoms with E-state index in [4.69, 9.17) is 4.74 Å². The first kappa shape index (κ1) is 25.6. The molecule has 0 fully saturated rings. The van der Waals surface area contributed by atoms with E-state index in [0.717, 1.165) is 12.8 Å². The second-order valence-corrected chi connectivity index (χ2v) is 8.24. The van der Waals surface area contributed by atoms with Gasteiger partial charge in [-0.3, -0.25) is 4.79 Å². The van der Waals surface area contributed by atoms with Crippen LogP contribution < -0.4 is 4.74 Å². The summed E-state index contributed by atoms with van der Waals surface area (Å²) in [7, 11) is 0. The summed E-state index contributed by atoms with van der Waals surface area (Å²) in [6.07, 6.45) is 13.8. The van der Waals surface area contributed by atoms with Crippen molar-refractivity contribution in [3.8, 4) is 5.75 Å². The van der Waals surface area contributed by atoms with E-state index in [9.17, 15) is 15.0 Å². The van der Waals surface area contributed by atoms with Crippen LogP contribution in [0.2, 0.25) is 0 Å². The van der Waals surface area contributed by atoms with Crippen molar-refractivity contribution in [1.29, 1.82) is 0 Å². The molecule has 1 rings (SSSR count). The lowest BCUT2D eigenvalue weighted by Gasteiger charge is -2.25. The quantitative estimate of drug-likeness (QED) is 0.178. The van der Waals surface area contributed by atoms with Crippen LogP contribution in [0.5, 0.6) is 5.75 Å². The predicted molar refractivity (Wildman–Crippen MR) is 119 cm³/mol. The van der Waals surface area contributed by atoms with Crippen LogP contribution in [0.15, 0.2) is 24.3 Å². The molecule has 0 saturated carbocycles. The monoisotopic (exact) mass is 406 g/mol. The summed E-state index contributed by atoms with van der Waals surface area (Å²) in [4.78, 5) is 12.8. The lowest BCUT2D eigenvalue weighted by molar-refractivity contribution is -0.000326. The van der Waals surface area contributed by atoms with Crippen molar-refractivity contribution in [3.63, 3.8) is 0 Å². The van der Waals surface area contributed by atoms with Crippen LogP contribution in [0.1, 0.15) is 115 Å². The molecule has 4 nitrogen and oxygen atoms in total. The molecule has 2 unspecified atom stereocenters. The summed E-state index contributed by atoms with van der Waals surface area (Å²) < 4.78 is 5.19. The van der Waals surface area contributed by atoms with Gasteiger partial charge in [0.15, 0.2) is 12.1 Å². The minimum Gasteiger partial charge on any atom is -0.465 e. The molecule has 0 amide bonds. The maximum Gasteiger partial charge on any atom is 0.194 e. The third kappa shape index (κ3) is 10.3. The fourth-order valence-electron chi connectivity index (χ4n) is 3.68. The Kier molecular flexibility index (Phi) is 12.9. The number of hydrogen-bond acceptors (Lipinski definition) is 4. The van der Waals surface area contributed by atoms with Crippen LogP contribution in [-0.4, -0.2) is 27.9 Å². The van der Waals surface area contributed by atoms with Gasteiger partial charge in [0.1, 0.15) is 11.4 Å². The highest BCUT2D eigenvalue weighted by molar-refractivity contribution is 6.02. The van der Waals surface area contributed by atoms with E-state index in [1.165, 1.54) is 64.7 Å². The number of unbranched alkanes of at least 4 members (excludes halogenated alkanes) is 10.